The van der Waals surface area contributed by atoms with Gasteiger partial charge >= 0.3 is 0 Å². The molecule has 3 heterocycles. The van der Waals surface area contributed by atoms with Gasteiger partial charge in [0.15, 0.2) is 0 Å². The molecule has 6 nitrogen and oxygen atoms in total. The maximum Gasteiger partial charge on any atom is 0.226 e. The van der Waals surface area contributed by atoms with Crippen molar-refractivity contribution in [2.24, 2.45) is 7.05 Å². The zero-order valence-corrected chi connectivity index (χ0v) is 17.3. The molecule has 0 radical (unpaired) electrons. The van der Waals surface area contributed by atoms with E-state index in [-0.39, 0.29) is 0 Å². The van der Waals surface area contributed by atoms with Crippen LogP contribution in [0.2, 0.25) is 0 Å². The van der Waals surface area contributed by atoms with Gasteiger partial charge in [-0.3, -0.25) is 4.90 Å². The summed E-state index contributed by atoms with van der Waals surface area (Å²) in [5.41, 5.74) is 2.72. The summed E-state index contributed by atoms with van der Waals surface area (Å²) >= 11 is 0. The van der Waals surface area contributed by atoms with Gasteiger partial charge in [-0.1, -0.05) is 18.2 Å². The maximum absolute atomic E-state index is 4.72. The van der Waals surface area contributed by atoms with Crippen molar-refractivity contribution < 1.29 is 0 Å². The van der Waals surface area contributed by atoms with Crippen molar-refractivity contribution in [3.63, 3.8) is 0 Å². The van der Waals surface area contributed by atoms with Crippen molar-refractivity contribution in [2.45, 2.75) is 25.4 Å². The Morgan fingerprint density at radius 2 is 1.96 bits per heavy atom. The van der Waals surface area contributed by atoms with E-state index >= 15 is 0 Å². The standard InChI is InChI=1S/C22H30N6/c1-25(2)22-23-12-11-21(24-22)27(4)18-8-7-13-28(16-18)15-17-14-26(3)20-10-6-5-9-19(17)20/h5-6,9-12,14,18H,7-8,13,15-16H2,1-4H3. The van der Waals surface area contributed by atoms with Crippen LogP contribution in [-0.4, -0.2) is 59.7 Å². The summed E-state index contributed by atoms with van der Waals surface area (Å²) in [7, 11) is 8.25. The Morgan fingerprint density at radius 1 is 1.14 bits per heavy atom. The van der Waals surface area contributed by atoms with Gasteiger partial charge < -0.3 is 14.4 Å². The van der Waals surface area contributed by atoms with E-state index in [1.165, 1.54) is 29.3 Å². The molecule has 0 amide bonds. The number of hydrogen-bond donors (Lipinski definition) is 0. The highest BCUT2D eigenvalue weighted by Gasteiger charge is 2.25. The summed E-state index contributed by atoms with van der Waals surface area (Å²) in [4.78, 5) is 15.9. The van der Waals surface area contributed by atoms with Crippen LogP contribution in [0.4, 0.5) is 11.8 Å². The van der Waals surface area contributed by atoms with Crippen LogP contribution in [0, 0.1) is 0 Å². The van der Waals surface area contributed by atoms with Gasteiger partial charge in [-0.15, -0.1) is 0 Å². The number of piperidine rings is 1. The predicted molar refractivity (Wildman–Crippen MR) is 116 cm³/mol. The van der Waals surface area contributed by atoms with Crippen LogP contribution in [0.15, 0.2) is 42.7 Å². The molecule has 0 spiro atoms. The molecule has 1 aromatic carbocycles. The second-order valence-electron chi connectivity index (χ2n) is 8.03. The van der Waals surface area contributed by atoms with E-state index in [4.69, 9.17) is 4.98 Å². The molecule has 0 N–H and O–H groups in total. The number of hydrogen-bond acceptors (Lipinski definition) is 5. The third kappa shape index (κ3) is 3.69. The Balaban J connectivity index is 1.49. The minimum atomic E-state index is 0.466. The van der Waals surface area contributed by atoms with E-state index < -0.39 is 0 Å². The molecule has 4 rings (SSSR count). The molecule has 1 saturated heterocycles. The number of nitrogens with zero attached hydrogens (tertiary/aromatic N) is 6. The number of rotatable bonds is 5. The van der Waals surface area contributed by atoms with E-state index in [2.05, 4.69) is 63.9 Å². The first-order valence-corrected chi connectivity index (χ1v) is 10.0. The molecule has 148 valence electrons. The zero-order valence-electron chi connectivity index (χ0n) is 17.3. The highest BCUT2D eigenvalue weighted by atomic mass is 15.3. The molecule has 2 aromatic heterocycles. The summed E-state index contributed by atoms with van der Waals surface area (Å²) in [5, 5.41) is 1.37. The number of anilines is 2. The molecule has 1 aliphatic heterocycles. The lowest BCUT2D eigenvalue weighted by molar-refractivity contribution is 0.199. The van der Waals surface area contributed by atoms with Gasteiger partial charge in [-0.25, -0.2) is 4.98 Å². The number of likely N-dealkylation sites (tertiary alicyclic amines) is 1. The van der Waals surface area contributed by atoms with Gasteiger partial charge in [0.25, 0.3) is 0 Å². The van der Waals surface area contributed by atoms with Gasteiger partial charge in [-0.2, -0.15) is 4.98 Å². The Kier molecular flexibility index (Phi) is 5.22. The van der Waals surface area contributed by atoms with Crippen LogP contribution in [0.1, 0.15) is 18.4 Å². The van der Waals surface area contributed by atoms with E-state index in [1.54, 1.807) is 0 Å². The molecule has 1 atom stereocenters. The molecule has 1 aliphatic rings. The number of para-hydroxylation sites is 1. The highest BCUT2D eigenvalue weighted by molar-refractivity contribution is 5.83. The summed E-state index contributed by atoms with van der Waals surface area (Å²) in [6.07, 6.45) is 6.55. The Labute approximate surface area is 167 Å². The van der Waals surface area contributed by atoms with Crippen LogP contribution in [-0.2, 0) is 13.6 Å². The minimum Gasteiger partial charge on any atom is -0.355 e. The fraction of sp³-hybridized carbons (Fsp3) is 0.455. The van der Waals surface area contributed by atoms with Crippen molar-refractivity contribution in [1.29, 1.82) is 0 Å². The number of aromatic nitrogens is 3. The fourth-order valence-electron chi connectivity index (χ4n) is 4.22. The number of benzene rings is 1. The van der Waals surface area contributed by atoms with Crippen molar-refractivity contribution in [3.8, 4) is 0 Å². The topological polar surface area (TPSA) is 40.4 Å². The largest absolute Gasteiger partial charge is 0.355 e. The molecule has 3 aromatic rings. The molecule has 6 heteroatoms. The van der Waals surface area contributed by atoms with Crippen molar-refractivity contribution >= 4 is 22.7 Å². The summed E-state index contributed by atoms with van der Waals surface area (Å²) < 4.78 is 2.24. The van der Waals surface area contributed by atoms with Gasteiger partial charge in [0.2, 0.25) is 5.95 Å². The lowest BCUT2D eigenvalue weighted by Crippen LogP contribution is -2.46. The second-order valence-corrected chi connectivity index (χ2v) is 8.03. The maximum atomic E-state index is 4.72. The van der Waals surface area contributed by atoms with E-state index in [1.807, 2.05) is 31.3 Å². The normalized spacial score (nSPS) is 17.8. The average molecular weight is 379 g/mol. The molecule has 0 aliphatic carbocycles. The molecule has 1 fully saturated rings. The quantitative estimate of drug-likeness (QED) is 0.682. The number of likely N-dealkylation sites (N-methyl/N-ethyl adjacent to an activating group) is 1. The van der Waals surface area contributed by atoms with Crippen molar-refractivity contribution in [3.05, 3.63) is 48.3 Å². The van der Waals surface area contributed by atoms with Crippen LogP contribution in [0.5, 0.6) is 0 Å². The first-order valence-electron chi connectivity index (χ1n) is 10.0. The number of fused-ring (bicyclic) bond motifs is 1. The molecular formula is C22H30N6. The van der Waals surface area contributed by atoms with Gasteiger partial charge in [-0.05, 0) is 37.1 Å². The fourth-order valence-corrected chi connectivity index (χ4v) is 4.22. The molecule has 0 saturated carbocycles. The lowest BCUT2D eigenvalue weighted by Gasteiger charge is -2.38. The Hall–Kier alpha value is -2.60. The second kappa shape index (κ2) is 7.80. The molecule has 1 unspecified atom stereocenters. The van der Waals surface area contributed by atoms with Crippen LogP contribution < -0.4 is 9.80 Å². The van der Waals surface area contributed by atoms with Crippen LogP contribution in [0.25, 0.3) is 10.9 Å². The molecule has 0 bridgehead atoms. The SMILES string of the molecule is CN(C)c1nccc(N(C)C2CCCN(Cc3cn(C)c4ccccc34)C2)n1. The zero-order chi connectivity index (χ0) is 19.7. The average Bonchev–Trinajstić information content (AvgIpc) is 3.03. The molecule has 28 heavy (non-hydrogen) atoms. The van der Waals surface area contributed by atoms with Crippen LogP contribution >= 0.6 is 0 Å². The first-order chi connectivity index (χ1) is 13.5. The first kappa shape index (κ1) is 18.7. The summed E-state index contributed by atoms with van der Waals surface area (Å²) in [6, 6.07) is 11.2. The smallest absolute Gasteiger partial charge is 0.226 e. The van der Waals surface area contributed by atoms with Crippen molar-refractivity contribution in [2.75, 3.05) is 44.0 Å². The number of aryl methyl sites for hydroxylation is 1. The van der Waals surface area contributed by atoms with Gasteiger partial charge in [0, 0.05) is 70.6 Å². The summed E-state index contributed by atoms with van der Waals surface area (Å²) in [5.74, 6) is 1.75. The molecular weight excluding hydrogens is 348 g/mol. The summed E-state index contributed by atoms with van der Waals surface area (Å²) in [6.45, 7) is 3.21. The van der Waals surface area contributed by atoms with Gasteiger partial charge in [0.1, 0.15) is 5.82 Å². The monoisotopic (exact) mass is 378 g/mol. The Bertz CT molecular complexity index is 947. The lowest BCUT2D eigenvalue weighted by atomic mass is 10.0. The van der Waals surface area contributed by atoms with E-state index in [0.717, 1.165) is 31.4 Å². The minimum absolute atomic E-state index is 0.466. The third-order valence-corrected chi connectivity index (χ3v) is 5.79. The van der Waals surface area contributed by atoms with E-state index in [0.29, 0.717) is 6.04 Å². The van der Waals surface area contributed by atoms with Gasteiger partial charge in [0.05, 0.1) is 0 Å². The van der Waals surface area contributed by atoms with Crippen molar-refractivity contribution in [1.82, 2.24) is 19.4 Å². The highest BCUT2D eigenvalue weighted by Crippen LogP contribution is 2.25. The Morgan fingerprint density at radius 3 is 2.79 bits per heavy atom. The van der Waals surface area contributed by atoms with E-state index in [9.17, 15) is 0 Å². The predicted octanol–water partition coefficient (Wildman–Crippen LogP) is 3.14. The van der Waals surface area contributed by atoms with Crippen LogP contribution in [0.3, 0.4) is 0 Å². The third-order valence-electron chi connectivity index (χ3n) is 5.79.